The zero-order valence-corrected chi connectivity index (χ0v) is 29.4. The molecular formula is C48H34N4O2. The molecule has 0 saturated heterocycles. The second-order valence-corrected chi connectivity index (χ2v) is 14.1. The molecule has 1 aliphatic heterocycles. The number of aryl methyl sites for hydroxylation is 1. The van der Waals surface area contributed by atoms with Gasteiger partial charge in [-0.15, -0.1) is 0 Å². The Bertz CT molecular complexity index is 2970. The SMILES string of the molecule is C1=CC(c2cccc(-c3nc4c(oc5ccccc54)c4c3C=CCC4)c2)=C(C2=NC(c3cccc4c3oc3ccccc34)N=C(c3ccccc3)N2)CC1. The third kappa shape index (κ3) is 4.98. The number of furan rings is 2. The van der Waals surface area contributed by atoms with E-state index in [0.717, 1.165) is 126 Å². The Morgan fingerprint density at radius 1 is 0.574 bits per heavy atom. The minimum atomic E-state index is -0.495. The molecule has 8 aromatic rings. The lowest BCUT2D eigenvalue weighted by Gasteiger charge is -2.26. The van der Waals surface area contributed by atoms with Gasteiger partial charge in [-0.2, -0.15) is 0 Å². The van der Waals surface area contributed by atoms with E-state index in [1.807, 2.05) is 42.5 Å². The second kappa shape index (κ2) is 12.4. The molecule has 0 bridgehead atoms. The van der Waals surface area contributed by atoms with Crippen LogP contribution in [0.4, 0.5) is 0 Å². The first-order valence-corrected chi connectivity index (χ1v) is 18.7. The number of fused-ring (bicyclic) bond motifs is 8. The number of para-hydroxylation sites is 3. The lowest BCUT2D eigenvalue weighted by atomic mass is 9.88. The van der Waals surface area contributed by atoms with Gasteiger partial charge >= 0.3 is 0 Å². The summed E-state index contributed by atoms with van der Waals surface area (Å²) in [5.74, 6) is 1.62. The average Bonchev–Trinajstić information content (AvgIpc) is 3.82. The zero-order valence-electron chi connectivity index (χ0n) is 29.4. The number of amidine groups is 2. The highest BCUT2D eigenvalue weighted by Gasteiger charge is 2.27. The largest absolute Gasteiger partial charge is 0.456 e. The smallest absolute Gasteiger partial charge is 0.173 e. The predicted molar refractivity (Wildman–Crippen MR) is 220 cm³/mol. The van der Waals surface area contributed by atoms with E-state index in [2.05, 4.69) is 108 Å². The van der Waals surface area contributed by atoms with Gasteiger partial charge < -0.3 is 14.2 Å². The molecule has 6 heteroatoms. The second-order valence-electron chi connectivity index (χ2n) is 14.1. The van der Waals surface area contributed by atoms with E-state index in [4.69, 9.17) is 23.8 Å². The van der Waals surface area contributed by atoms with Gasteiger partial charge in [0.1, 0.15) is 33.9 Å². The Hall–Kier alpha value is -6.79. The number of aromatic nitrogens is 1. The third-order valence-corrected chi connectivity index (χ3v) is 10.9. The Morgan fingerprint density at radius 2 is 1.26 bits per heavy atom. The van der Waals surface area contributed by atoms with Crippen molar-refractivity contribution in [1.82, 2.24) is 10.3 Å². The first-order chi connectivity index (χ1) is 26.8. The molecule has 11 rings (SSSR count). The normalized spacial score (nSPS) is 16.9. The van der Waals surface area contributed by atoms with Gasteiger partial charge in [-0.25, -0.2) is 15.0 Å². The number of nitrogens with one attached hydrogen (secondary N) is 1. The molecule has 1 atom stereocenters. The molecule has 1 N–H and O–H groups in total. The van der Waals surface area contributed by atoms with Gasteiger partial charge in [-0.05, 0) is 61.1 Å². The van der Waals surface area contributed by atoms with Gasteiger partial charge in [-0.1, -0.05) is 121 Å². The first-order valence-electron chi connectivity index (χ1n) is 18.7. The van der Waals surface area contributed by atoms with E-state index in [9.17, 15) is 0 Å². The average molecular weight is 699 g/mol. The van der Waals surface area contributed by atoms with E-state index in [1.165, 1.54) is 5.56 Å². The summed E-state index contributed by atoms with van der Waals surface area (Å²) in [4.78, 5) is 15.9. The minimum Gasteiger partial charge on any atom is -0.456 e. The van der Waals surface area contributed by atoms with Crippen LogP contribution in [-0.2, 0) is 6.42 Å². The molecule has 3 aliphatic rings. The fourth-order valence-electron chi connectivity index (χ4n) is 8.33. The van der Waals surface area contributed by atoms with Gasteiger partial charge in [0.25, 0.3) is 0 Å². The van der Waals surface area contributed by atoms with Gasteiger partial charge in [-0.3, -0.25) is 0 Å². The van der Waals surface area contributed by atoms with Crippen molar-refractivity contribution in [3.05, 3.63) is 173 Å². The fourth-order valence-corrected chi connectivity index (χ4v) is 8.33. The monoisotopic (exact) mass is 698 g/mol. The first kappa shape index (κ1) is 30.8. The standard InChI is InChI=1S/C48H34N4O2/c1-2-14-29(15-3-1)46-50-47(52-48(51-46)39-25-13-24-35-33-19-8-10-26-40(33)53-44(35)39)37-22-7-4-18-32(37)30-16-12-17-31(28-30)42-34-20-5-6-21-36(34)45-43(49-42)38-23-9-11-27-41(38)54-45/h1-5,8-20,23-28,48H,6-7,21-22H2,(H,50,51,52). The summed E-state index contributed by atoms with van der Waals surface area (Å²) in [6, 6.07) is 41.8. The predicted octanol–water partition coefficient (Wildman–Crippen LogP) is 11.8. The molecule has 0 spiro atoms. The van der Waals surface area contributed by atoms with Crippen LogP contribution in [0.25, 0.3) is 66.9 Å². The van der Waals surface area contributed by atoms with Crippen LogP contribution < -0.4 is 5.32 Å². The molecule has 5 aromatic carbocycles. The van der Waals surface area contributed by atoms with Crippen LogP contribution in [0.3, 0.4) is 0 Å². The van der Waals surface area contributed by atoms with Crippen molar-refractivity contribution in [3.8, 4) is 11.3 Å². The topological polar surface area (TPSA) is 75.9 Å². The molecular weight excluding hydrogens is 665 g/mol. The third-order valence-electron chi connectivity index (χ3n) is 10.9. The highest BCUT2D eigenvalue weighted by Crippen LogP contribution is 2.41. The summed E-state index contributed by atoms with van der Waals surface area (Å²) in [5, 5.41) is 6.89. The number of nitrogens with zero attached hydrogens (tertiary/aromatic N) is 3. The van der Waals surface area contributed by atoms with Crippen molar-refractivity contribution in [3.63, 3.8) is 0 Å². The maximum atomic E-state index is 6.49. The van der Waals surface area contributed by atoms with Crippen molar-refractivity contribution < 1.29 is 8.83 Å². The van der Waals surface area contributed by atoms with Crippen LogP contribution in [0.5, 0.6) is 0 Å². The van der Waals surface area contributed by atoms with Crippen LogP contribution in [0.1, 0.15) is 53.2 Å². The van der Waals surface area contributed by atoms with E-state index >= 15 is 0 Å². The van der Waals surface area contributed by atoms with E-state index in [1.54, 1.807) is 0 Å². The van der Waals surface area contributed by atoms with Crippen LogP contribution in [0.15, 0.2) is 164 Å². The number of rotatable bonds is 5. The van der Waals surface area contributed by atoms with E-state index in [0.29, 0.717) is 0 Å². The number of allylic oxidation sites excluding steroid dienone is 4. The molecule has 1 unspecified atom stereocenters. The number of hydrogen-bond acceptors (Lipinski definition) is 6. The van der Waals surface area contributed by atoms with Crippen molar-refractivity contribution in [2.24, 2.45) is 9.98 Å². The van der Waals surface area contributed by atoms with Gasteiger partial charge in [0.2, 0.25) is 0 Å². The molecule has 2 aliphatic carbocycles. The molecule has 0 radical (unpaired) electrons. The Balaban J connectivity index is 1.07. The van der Waals surface area contributed by atoms with E-state index < -0.39 is 6.17 Å². The molecule has 0 amide bonds. The molecule has 3 aromatic heterocycles. The van der Waals surface area contributed by atoms with Crippen molar-refractivity contribution in [1.29, 1.82) is 0 Å². The number of aliphatic imine (C=N–C) groups is 2. The summed E-state index contributed by atoms with van der Waals surface area (Å²) in [7, 11) is 0. The van der Waals surface area contributed by atoms with Crippen molar-refractivity contribution >= 4 is 67.3 Å². The van der Waals surface area contributed by atoms with Crippen molar-refractivity contribution in [2.75, 3.05) is 0 Å². The summed E-state index contributed by atoms with van der Waals surface area (Å²) in [6.45, 7) is 0. The summed E-state index contributed by atoms with van der Waals surface area (Å²) >= 11 is 0. The molecule has 258 valence electrons. The van der Waals surface area contributed by atoms with Crippen LogP contribution in [0, 0.1) is 0 Å². The summed E-state index contributed by atoms with van der Waals surface area (Å²) in [6.07, 6.45) is 12.2. The van der Waals surface area contributed by atoms with Crippen molar-refractivity contribution in [2.45, 2.75) is 31.8 Å². The van der Waals surface area contributed by atoms with Gasteiger partial charge in [0.05, 0.1) is 5.69 Å². The molecule has 0 fully saturated rings. The summed E-state index contributed by atoms with van der Waals surface area (Å²) < 4.78 is 12.9. The quantitative estimate of drug-likeness (QED) is 0.194. The van der Waals surface area contributed by atoms with Crippen LogP contribution in [0.2, 0.25) is 0 Å². The summed E-state index contributed by atoms with van der Waals surface area (Å²) in [5.41, 5.74) is 14.2. The Morgan fingerprint density at radius 3 is 2.17 bits per heavy atom. The lowest BCUT2D eigenvalue weighted by molar-refractivity contribution is 0.649. The number of pyridine rings is 1. The number of hydrogen-bond donors (Lipinski definition) is 1. The van der Waals surface area contributed by atoms with Gasteiger partial charge in [0.15, 0.2) is 11.7 Å². The molecule has 6 nitrogen and oxygen atoms in total. The maximum absolute atomic E-state index is 6.49. The Labute approximate surface area is 311 Å². The number of benzene rings is 5. The zero-order chi connectivity index (χ0) is 35.6. The van der Waals surface area contributed by atoms with Crippen LogP contribution >= 0.6 is 0 Å². The van der Waals surface area contributed by atoms with Gasteiger partial charge in [0, 0.05) is 49.5 Å². The molecule has 4 heterocycles. The fraction of sp³-hybridized carbons (Fsp3) is 0.104. The minimum absolute atomic E-state index is 0.495. The molecule has 54 heavy (non-hydrogen) atoms. The lowest BCUT2D eigenvalue weighted by Crippen LogP contribution is -2.37. The molecule has 0 saturated carbocycles. The Kier molecular flexibility index (Phi) is 7.08. The van der Waals surface area contributed by atoms with Crippen LogP contribution in [-0.4, -0.2) is 16.7 Å². The van der Waals surface area contributed by atoms with E-state index in [-0.39, 0.29) is 0 Å². The highest BCUT2D eigenvalue weighted by molar-refractivity contribution is 6.19. The maximum Gasteiger partial charge on any atom is 0.173 e. The highest BCUT2D eigenvalue weighted by atomic mass is 16.3.